The smallest absolute Gasteiger partial charge is 0.326 e. The summed E-state index contributed by atoms with van der Waals surface area (Å²) in [6.45, 7) is 0.506. The number of phenols is 1. The largest absolute Gasteiger partial charge is 0.508 e. The van der Waals surface area contributed by atoms with E-state index in [1.54, 1.807) is 12.1 Å². The fraction of sp³-hybridized carbons (Fsp3) is 0.538. The second-order valence-corrected chi connectivity index (χ2v) is 9.74. The summed E-state index contributed by atoms with van der Waals surface area (Å²) in [5, 5.41) is 26.8. The van der Waals surface area contributed by atoms with Crippen LogP contribution in [0.2, 0.25) is 0 Å². The molecule has 1 aromatic rings. The van der Waals surface area contributed by atoms with Crippen LogP contribution in [0.3, 0.4) is 0 Å². The standard InChI is InChI=1S/C26H43N9O7/c27-12-2-1-4-18(23(39)34-19(25(41)42)5-3-13-32-26(30)31)33-24(40)20(14-15-6-8-16(36)9-7-15)35-22(38)17(28)10-11-21(29)37/h6-9,17-20,36H,1-5,10-14,27-28H2,(H2,29,37)(H,33,40)(H,34,39)(H,35,38)(H,41,42)(H4,30,31,32). The van der Waals surface area contributed by atoms with Crippen molar-refractivity contribution in [3.8, 4) is 5.75 Å². The molecule has 0 aliphatic carbocycles. The lowest BCUT2D eigenvalue weighted by Crippen LogP contribution is -2.57. The van der Waals surface area contributed by atoms with E-state index in [9.17, 15) is 34.2 Å². The normalized spacial score (nSPS) is 13.6. The third-order valence-electron chi connectivity index (χ3n) is 6.19. The van der Waals surface area contributed by atoms with Gasteiger partial charge < -0.3 is 54.8 Å². The number of primary amides is 1. The molecule has 1 aromatic carbocycles. The zero-order valence-electron chi connectivity index (χ0n) is 23.5. The first kappa shape index (κ1) is 35.6. The minimum atomic E-state index is -1.28. The number of carboxylic acid groups (broad SMARTS) is 1. The van der Waals surface area contributed by atoms with Gasteiger partial charge in [0.25, 0.3) is 0 Å². The summed E-state index contributed by atoms with van der Waals surface area (Å²) in [5.74, 6) is -4.24. The van der Waals surface area contributed by atoms with Gasteiger partial charge in [-0.2, -0.15) is 0 Å². The highest BCUT2D eigenvalue weighted by atomic mass is 16.4. The van der Waals surface area contributed by atoms with Crippen molar-refractivity contribution in [2.24, 2.45) is 33.7 Å². The number of aliphatic carboxylic acids is 1. The van der Waals surface area contributed by atoms with E-state index in [4.69, 9.17) is 28.7 Å². The van der Waals surface area contributed by atoms with Crippen LogP contribution in [0.15, 0.2) is 29.3 Å². The molecule has 0 fully saturated rings. The highest BCUT2D eigenvalue weighted by molar-refractivity contribution is 5.94. The lowest BCUT2D eigenvalue weighted by atomic mass is 10.0. The maximum atomic E-state index is 13.4. The molecule has 0 aromatic heterocycles. The molecular weight excluding hydrogens is 550 g/mol. The maximum Gasteiger partial charge on any atom is 0.326 e. The number of carbonyl (C=O) groups is 5. The summed E-state index contributed by atoms with van der Waals surface area (Å²) in [4.78, 5) is 66.0. The number of rotatable bonds is 20. The SMILES string of the molecule is NCCCCC(NC(=O)C(Cc1ccc(O)cc1)NC(=O)C(N)CCC(N)=O)C(=O)NC(CCCN=C(N)N)C(=O)O. The van der Waals surface area contributed by atoms with E-state index in [1.807, 2.05) is 0 Å². The van der Waals surface area contributed by atoms with Gasteiger partial charge in [0.2, 0.25) is 23.6 Å². The van der Waals surface area contributed by atoms with Crippen molar-refractivity contribution in [1.82, 2.24) is 16.0 Å². The zero-order chi connectivity index (χ0) is 31.7. The fourth-order valence-corrected chi connectivity index (χ4v) is 3.85. The predicted octanol–water partition coefficient (Wildman–Crippen LogP) is -2.75. The first-order valence-corrected chi connectivity index (χ1v) is 13.5. The number of aromatic hydroxyl groups is 1. The number of guanidine groups is 1. The van der Waals surface area contributed by atoms with Crippen molar-refractivity contribution in [2.75, 3.05) is 13.1 Å². The third-order valence-corrected chi connectivity index (χ3v) is 6.19. The number of hydrogen-bond donors (Lipinski definition) is 10. The Hall–Kier alpha value is -4.44. The molecule has 0 saturated carbocycles. The number of carboxylic acids is 1. The number of unbranched alkanes of at least 4 members (excludes halogenated alkanes) is 1. The molecule has 42 heavy (non-hydrogen) atoms. The van der Waals surface area contributed by atoms with Crippen LogP contribution < -0.4 is 44.6 Å². The van der Waals surface area contributed by atoms with Crippen molar-refractivity contribution in [3.63, 3.8) is 0 Å². The Morgan fingerprint density at radius 3 is 1.93 bits per heavy atom. The number of aliphatic imine (C=N–C) groups is 1. The molecule has 0 saturated heterocycles. The lowest BCUT2D eigenvalue weighted by Gasteiger charge is -2.25. The van der Waals surface area contributed by atoms with E-state index in [0.29, 0.717) is 24.9 Å². The van der Waals surface area contributed by atoms with Gasteiger partial charge in [-0.15, -0.1) is 0 Å². The van der Waals surface area contributed by atoms with E-state index >= 15 is 0 Å². The molecule has 0 aliphatic heterocycles. The molecule has 16 nitrogen and oxygen atoms in total. The molecule has 4 atom stereocenters. The van der Waals surface area contributed by atoms with Crippen LogP contribution >= 0.6 is 0 Å². The van der Waals surface area contributed by atoms with Gasteiger partial charge in [0, 0.05) is 19.4 Å². The van der Waals surface area contributed by atoms with Crippen LogP contribution in [0.1, 0.15) is 50.5 Å². The molecule has 15 N–H and O–H groups in total. The van der Waals surface area contributed by atoms with Gasteiger partial charge in [0.1, 0.15) is 23.9 Å². The number of nitrogens with zero attached hydrogens (tertiary/aromatic N) is 1. The predicted molar refractivity (Wildman–Crippen MR) is 154 cm³/mol. The van der Waals surface area contributed by atoms with Gasteiger partial charge >= 0.3 is 5.97 Å². The molecular formula is C26H43N9O7. The summed E-state index contributed by atoms with van der Waals surface area (Å²) < 4.78 is 0. The van der Waals surface area contributed by atoms with Gasteiger partial charge in [0.15, 0.2) is 5.96 Å². The van der Waals surface area contributed by atoms with E-state index < -0.39 is 53.8 Å². The molecule has 234 valence electrons. The van der Waals surface area contributed by atoms with Gasteiger partial charge in [0.05, 0.1) is 6.04 Å². The van der Waals surface area contributed by atoms with Crippen LogP contribution in [-0.4, -0.2) is 83.0 Å². The first-order chi connectivity index (χ1) is 19.8. The Kier molecular flexibility index (Phi) is 15.9. The minimum Gasteiger partial charge on any atom is -0.508 e. The Morgan fingerprint density at radius 1 is 0.786 bits per heavy atom. The number of carbonyl (C=O) groups excluding carboxylic acids is 4. The van der Waals surface area contributed by atoms with Gasteiger partial charge in [-0.05, 0) is 62.8 Å². The molecule has 4 unspecified atom stereocenters. The second kappa shape index (κ2) is 18.8. The number of hydrogen-bond acceptors (Lipinski definition) is 9. The molecule has 4 amide bonds. The molecule has 1 rings (SSSR count). The molecule has 0 heterocycles. The molecule has 16 heteroatoms. The van der Waals surface area contributed by atoms with E-state index in [2.05, 4.69) is 20.9 Å². The highest BCUT2D eigenvalue weighted by Gasteiger charge is 2.30. The maximum absolute atomic E-state index is 13.4. The summed E-state index contributed by atoms with van der Waals surface area (Å²) in [5.41, 5.74) is 27.7. The van der Waals surface area contributed by atoms with E-state index in [1.165, 1.54) is 12.1 Å². The summed E-state index contributed by atoms with van der Waals surface area (Å²) in [6, 6.07) is 1.18. The van der Waals surface area contributed by atoms with Crippen LogP contribution in [0.5, 0.6) is 5.75 Å². The average Bonchev–Trinajstić information content (AvgIpc) is 2.93. The monoisotopic (exact) mass is 593 g/mol. The molecule has 0 radical (unpaired) electrons. The number of phenolic OH excluding ortho intramolecular Hbond substituents is 1. The number of nitrogens with one attached hydrogen (secondary N) is 3. The first-order valence-electron chi connectivity index (χ1n) is 13.5. The van der Waals surface area contributed by atoms with Gasteiger partial charge in [-0.3, -0.25) is 24.2 Å². The van der Waals surface area contributed by atoms with Crippen LogP contribution in [0.25, 0.3) is 0 Å². The van der Waals surface area contributed by atoms with Crippen molar-refractivity contribution in [2.45, 2.75) is 75.5 Å². The van der Waals surface area contributed by atoms with Crippen LogP contribution in [-0.2, 0) is 30.4 Å². The summed E-state index contributed by atoms with van der Waals surface area (Å²) in [6.07, 6.45) is 1.24. The Bertz CT molecular complexity index is 1080. The number of nitrogens with two attached hydrogens (primary N) is 5. The van der Waals surface area contributed by atoms with Crippen LogP contribution in [0, 0.1) is 0 Å². The third kappa shape index (κ3) is 14.3. The fourth-order valence-electron chi connectivity index (χ4n) is 3.85. The summed E-state index contributed by atoms with van der Waals surface area (Å²) >= 11 is 0. The Balaban J connectivity index is 3.11. The quantitative estimate of drug-likeness (QED) is 0.0419. The van der Waals surface area contributed by atoms with Crippen molar-refractivity contribution in [3.05, 3.63) is 29.8 Å². The van der Waals surface area contributed by atoms with Crippen molar-refractivity contribution >= 4 is 35.6 Å². The Morgan fingerprint density at radius 2 is 1.36 bits per heavy atom. The number of amides is 4. The van der Waals surface area contributed by atoms with E-state index in [0.717, 1.165) is 0 Å². The molecule has 0 bridgehead atoms. The van der Waals surface area contributed by atoms with Gasteiger partial charge in [-0.1, -0.05) is 12.1 Å². The average molecular weight is 594 g/mol. The molecule has 0 aliphatic rings. The summed E-state index contributed by atoms with van der Waals surface area (Å²) in [7, 11) is 0. The van der Waals surface area contributed by atoms with Crippen LogP contribution in [0.4, 0.5) is 0 Å². The highest BCUT2D eigenvalue weighted by Crippen LogP contribution is 2.13. The topological polar surface area (TPSA) is 304 Å². The Labute approximate surface area is 243 Å². The second-order valence-electron chi connectivity index (χ2n) is 9.74. The minimum absolute atomic E-state index is 0.000170. The van der Waals surface area contributed by atoms with Crippen molar-refractivity contribution < 1.29 is 34.2 Å². The number of benzene rings is 1. The van der Waals surface area contributed by atoms with Gasteiger partial charge in [-0.25, -0.2) is 4.79 Å². The zero-order valence-corrected chi connectivity index (χ0v) is 23.5. The lowest BCUT2D eigenvalue weighted by molar-refractivity contribution is -0.142. The van der Waals surface area contributed by atoms with E-state index in [-0.39, 0.29) is 56.8 Å². The molecule has 0 spiro atoms. The van der Waals surface area contributed by atoms with Crippen molar-refractivity contribution in [1.29, 1.82) is 0 Å².